The zero-order valence-corrected chi connectivity index (χ0v) is 18.5. The fraction of sp³-hybridized carbons (Fsp3) is 0.154. The van der Waals surface area contributed by atoms with Gasteiger partial charge >= 0.3 is 5.69 Å². The molecule has 0 aliphatic carbocycles. The second-order valence-electron chi connectivity index (χ2n) is 8.12. The van der Waals surface area contributed by atoms with Crippen LogP contribution in [0.15, 0.2) is 76.3 Å². The van der Waals surface area contributed by atoms with E-state index in [9.17, 15) is 14.0 Å². The normalized spacial score (nSPS) is 11.4. The van der Waals surface area contributed by atoms with Gasteiger partial charge in [0, 0.05) is 12.4 Å². The topological polar surface area (TPSA) is 58.2 Å². The highest BCUT2D eigenvalue weighted by atomic mass is 19.1. The maximum Gasteiger partial charge on any atom is 0.336 e. The second-order valence-corrected chi connectivity index (χ2v) is 8.12. The number of fused-ring (bicyclic) bond motifs is 3. The first-order valence-electron chi connectivity index (χ1n) is 10.5. The molecule has 5 rings (SSSR count). The van der Waals surface area contributed by atoms with Gasteiger partial charge in [0.25, 0.3) is 5.56 Å². The van der Waals surface area contributed by atoms with E-state index in [0.717, 1.165) is 11.1 Å². The van der Waals surface area contributed by atoms with E-state index in [0.29, 0.717) is 33.4 Å². The Labute approximate surface area is 188 Å². The summed E-state index contributed by atoms with van der Waals surface area (Å²) in [5.41, 5.74) is 2.81. The summed E-state index contributed by atoms with van der Waals surface area (Å²) < 4.78 is 23.8. The molecule has 0 aliphatic heterocycles. The van der Waals surface area contributed by atoms with Crippen molar-refractivity contribution < 1.29 is 9.13 Å². The van der Waals surface area contributed by atoms with Gasteiger partial charge in [-0.15, -0.1) is 0 Å². The van der Waals surface area contributed by atoms with Crippen LogP contribution in [-0.2, 0) is 13.6 Å². The van der Waals surface area contributed by atoms with E-state index in [1.165, 1.54) is 21.3 Å². The second kappa shape index (κ2) is 7.78. The molecule has 0 bridgehead atoms. The number of rotatable bonds is 4. The van der Waals surface area contributed by atoms with Crippen LogP contribution in [0.1, 0.15) is 11.1 Å². The molecule has 2 aromatic heterocycles. The van der Waals surface area contributed by atoms with Crippen molar-refractivity contribution in [2.75, 3.05) is 7.11 Å². The van der Waals surface area contributed by atoms with E-state index in [2.05, 4.69) is 0 Å². The lowest BCUT2D eigenvalue weighted by molar-refractivity contribution is 0.415. The molecule has 0 spiro atoms. The van der Waals surface area contributed by atoms with Crippen molar-refractivity contribution in [1.82, 2.24) is 13.7 Å². The molecule has 0 unspecified atom stereocenters. The first-order valence-corrected chi connectivity index (χ1v) is 10.5. The monoisotopic (exact) mass is 443 g/mol. The molecule has 7 heteroatoms. The number of aromatic nitrogens is 3. The highest BCUT2D eigenvalue weighted by Crippen LogP contribution is 2.29. The molecular formula is C26H22FN3O3. The molecule has 0 saturated heterocycles. The van der Waals surface area contributed by atoms with Crippen molar-refractivity contribution >= 4 is 21.9 Å². The molecule has 2 heterocycles. The van der Waals surface area contributed by atoms with Crippen LogP contribution in [0.5, 0.6) is 5.75 Å². The Hall–Kier alpha value is -4.13. The Morgan fingerprint density at radius 3 is 2.45 bits per heavy atom. The van der Waals surface area contributed by atoms with E-state index >= 15 is 0 Å². The number of hydrogen-bond donors (Lipinski definition) is 0. The third-order valence-electron chi connectivity index (χ3n) is 5.97. The fourth-order valence-corrected chi connectivity index (χ4v) is 4.42. The van der Waals surface area contributed by atoms with Gasteiger partial charge in [-0.3, -0.25) is 9.36 Å². The van der Waals surface area contributed by atoms with Gasteiger partial charge in [0.2, 0.25) is 0 Å². The molecule has 33 heavy (non-hydrogen) atoms. The number of aryl methyl sites for hydroxylation is 2. The van der Waals surface area contributed by atoms with Crippen molar-refractivity contribution in [1.29, 1.82) is 0 Å². The quantitative estimate of drug-likeness (QED) is 0.419. The van der Waals surface area contributed by atoms with Crippen LogP contribution in [0.4, 0.5) is 4.39 Å². The third-order valence-corrected chi connectivity index (χ3v) is 5.97. The van der Waals surface area contributed by atoms with Gasteiger partial charge in [-0.1, -0.05) is 24.3 Å². The lowest BCUT2D eigenvalue weighted by atomic mass is 10.2. The molecule has 166 valence electrons. The zero-order valence-electron chi connectivity index (χ0n) is 18.5. The summed E-state index contributed by atoms with van der Waals surface area (Å²) in [7, 11) is 3.37. The van der Waals surface area contributed by atoms with Crippen molar-refractivity contribution in [3.63, 3.8) is 0 Å². The third kappa shape index (κ3) is 3.33. The fourth-order valence-electron chi connectivity index (χ4n) is 4.42. The van der Waals surface area contributed by atoms with Crippen LogP contribution in [-0.4, -0.2) is 20.8 Å². The van der Waals surface area contributed by atoms with E-state index in [4.69, 9.17) is 4.74 Å². The number of nitrogens with zero attached hydrogens (tertiary/aromatic N) is 3. The van der Waals surface area contributed by atoms with Crippen molar-refractivity contribution in [3.05, 3.63) is 105 Å². The molecule has 6 nitrogen and oxygen atoms in total. The van der Waals surface area contributed by atoms with Gasteiger partial charge in [-0.25, -0.2) is 13.8 Å². The average Bonchev–Trinajstić information content (AvgIpc) is 3.09. The Kier molecular flexibility index (Phi) is 4.89. The zero-order chi connectivity index (χ0) is 23.3. The summed E-state index contributed by atoms with van der Waals surface area (Å²) in [6.45, 7) is 2.01. The molecule has 0 amide bonds. The minimum absolute atomic E-state index is 0.107. The summed E-state index contributed by atoms with van der Waals surface area (Å²) in [5.74, 6) is 0.228. The summed E-state index contributed by atoms with van der Waals surface area (Å²) >= 11 is 0. The molecule has 3 aromatic carbocycles. The summed E-state index contributed by atoms with van der Waals surface area (Å²) in [6.07, 6.45) is 0. The minimum atomic E-state index is -0.488. The largest absolute Gasteiger partial charge is 0.497 e. The SMILES string of the molecule is COc1ccc2c(c1)c1c(c(=O)n(-c3cccc(C)c3)c(=O)n1Cc1cccc(F)c1)n2C. The minimum Gasteiger partial charge on any atom is -0.497 e. The van der Waals surface area contributed by atoms with E-state index in [-0.39, 0.29) is 12.4 Å². The predicted molar refractivity (Wildman–Crippen MR) is 127 cm³/mol. The van der Waals surface area contributed by atoms with Crippen LogP contribution >= 0.6 is 0 Å². The first-order chi connectivity index (χ1) is 15.9. The molecular weight excluding hydrogens is 421 g/mol. The van der Waals surface area contributed by atoms with Gasteiger partial charge in [-0.2, -0.15) is 0 Å². The van der Waals surface area contributed by atoms with Crippen LogP contribution in [0.2, 0.25) is 0 Å². The predicted octanol–water partition coefficient (Wildman–Crippen LogP) is 4.15. The summed E-state index contributed by atoms with van der Waals surface area (Å²) in [4.78, 5) is 27.5. The standard InChI is InChI=1S/C26H22FN3O3/c1-16-6-4-9-19(12-16)30-25(31)24-23(21-14-20(33-3)10-11-22(21)28(24)2)29(26(30)32)15-17-7-5-8-18(27)13-17/h4-14H,15H2,1-3H3. The van der Waals surface area contributed by atoms with Crippen molar-refractivity contribution in [2.45, 2.75) is 13.5 Å². The van der Waals surface area contributed by atoms with Gasteiger partial charge < -0.3 is 9.30 Å². The van der Waals surface area contributed by atoms with Crippen LogP contribution in [0.25, 0.3) is 27.6 Å². The van der Waals surface area contributed by atoms with E-state index < -0.39 is 11.2 Å². The molecule has 0 N–H and O–H groups in total. The van der Waals surface area contributed by atoms with E-state index in [1.54, 1.807) is 43.0 Å². The van der Waals surface area contributed by atoms with Crippen LogP contribution < -0.4 is 16.0 Å². The number of ether oxygens (including phenoxy) is 1. The summed E-state index contributed by atoms with van der Waals surface area (Å²) in [6, 6.07) is 18.9. The van der Waals surface area contributed by atoms with Crippen LogP contribution in [0.3, 0.4) is 0 Å². The van der Waals surface area contributed by atoms with Crippen LogP contribution in [0, 0.1) is 12.7 Å². The Balaban J connectivity index is 1.95. The molecule has 0 saturated carbocycles. The number of hydrogen-bond acceptors (Lipinski definition) is 3. The highest BCUT2D eigenvalue weighted by Gasteiger charge is 2.22. The van der Waals surface area contributed by atoms with Gasteiger partial charge in [0.05, 0.1) is 30.4 Å². The summed E-state index contributed by atoms with van der Waals surface area (Å²) in [5, 5.41) is 0.717. The Bertz CT molecular complexity index is 1660. The molecule has 5 aromatic rings. The first kappa shape index (κ1) is 20.8. The number of methoxy groups -OCH3 is 1. The Morgan fingerprint density at radius 2 is 1.73 bits per heavy atom. The number of halogens is 1. The molecule has 0 radical (unpaired) electrons. The lowest BCUT2D eigenvalue weighted by Gasteiger charge is -2.14. The highest BCUT2D eigenvalue weighted by molar-refractivity contribution is 6.06. The van der Waals surface area contributed by atoms with Crippen molar-refractivity contribution in [3.8, 4) is 11.4 Å². The van der Waals surface area contributed by atoms with Gasteiger partial charge in [0.1, 0.15) is 17.1 Å². The maximum absolute atomic E-state index is 13.9. The smallest absolute Gasteiger partial charge is 0.336 e. The Morgan fingerprint density at radius 1 is 0.939 bits per heavy atom. The molecule has 0 atom stereocenters. The molecule has 0 fully saturated rings. The van der Waals surface area contributed by atoms with Gasteiger partial charge in [0.15, 0.2) is 0 Å². The van der Waals surface area contributed by atoms with Crippen molar-refractivity contribution in [2.24, 2.45) is 7.05 Å². The van der Waals surface area contributed by atoms with E-state index in [1.807, 2.05) is 37.3 Å². The maximum atomic E-state index is 13.9. The molecule has 0 aliphatic rings. The number of benzene rings is 3. The van der Waals surface area contributed by atoms with Gasteiger partial charge in [-0.05, 0) is 60.5 Å². The lowest BCUT2D eigenvalue weighted by Crippen LogP contribution is -2.39. The average molecular weight is 443 g/mol.